The molecule has 1 aromatic heterocycles. The molecule has 19 heavy (non-hydrogen) atoms. The van der Waals surface area contributed by atoms with Crippen molar-refractivity contribution in [3.63, 3.8) is 0 Å². The maximum absolute atomic E-state index is 6.07. The summed E-state index contributed by atoms with van der Waals surface area (Å²) in [7, 11) is 0. The van der Waals surface area contributed by atoms with Crippen LogP contribution in [-0.2, 0) is 4.74 Å². The van der Waals surface area contributed by atoms with E-state index in [2.05, 4.69) is 13.8 Å². The summed E-state index contributed by atoms with van der Waals surface area (Å²) >= 11 is 0. The van der Waals surface area contributed by atoms with E-state index in [1.165, 1.54) is 25.7 Å². The van der Waals surface area contributed by atoms with Crippen LogP contribution in [-0.4, -0.2) is 12.1 Å². The Hall–Kier alpha value is -0.800. The molecule has 110 valence electrons. The number of nitrogens with two attached hydrogens (primary N) is 1. The zero-order valence-electron chi connectivity index (χ0n) is 12.8. The summed E-state index contributed by atoms with van der Waals surface area (Å²) in [4.78, 5) is 0. The van der Waals surface area contributed by atoms with Crippen LogP contribution in [0.25, 0.3) is 0 Å². The molecule has 3 atom stereocenters. The van der Waals surface area contributed by atoms with Gasteiger partial charge in [-0.15, -0.1) is 0 Å². The van der Waals surface area contributed by atoms with Gasteiger partial charge in [0, 0.05) is 6.04 Å². The van der Waals surface area contributed by atoms with Gasteiger partial charge in [0.25, 0.3) is 0 Å². The van der Waals surface area contributed by atoms with Gasteiger partial charge in [-0.3, -0.25) is 0 Å². The van der Waals surface area contributed by atoms with E-state index in [0.717, 1.165) is 17.9 Å². The smallest absolute Gasteiger partial charge is 0.134 e. The third-order valence-corrected chi connectivity index (χ3v) is 3.36. The van der Waals surface area contributed by atoms with Gasteiger partial charge in [-0.25, -0.2) is 0 Å². The Labute approximate surface area is 117 Å². The van der Waals surface area contributed by atoms with E-state index in [1.54, 1.807) is 0 Å². The molecule has 0 bridgehead atoms. The van der Waals surface area contributed by atoms with Crippen LogP contribution in [0.4, 0.5) is 0 Å². The summed E-state index contributed by atoms with van der Waals surface area (Å²) in [5, 5.41) is 0. The largest absolute Gasteiger partial charge is 0.464 e. The summed E-state index contributed by atoms with van der Waals surface area (Å²) in [5.74, 6) is 1.74. The molecule has 3 heteroatoms. The van der Waals surface area contributed by atoms with Crippen molar-refractivity contribution in [2.24, 2.45) is 5.73 Å². The van der Waals surface area contributed by atoms with Gasteiger partial charge in [-0.05, 0) is 39.3 Å². The first-order valence-corrected chi connectivity index (χ1v) is 7.52. The first-order valence-electron chi connectivity index (χ1n) is 7.52. The molecule has 0 aromatic carbocycles. The predicted molar refractivity (Wildman–Crippen MR) is 79.1 cm³/mol. The van der Waals surface area contributed by atoms with Gasteiger partial charge < -0.3 is 14.9 Å². The monoisotopic (exact) mass is 267 g/mol. The molecule has 0 saturated carbocycles. The number of hydrogen-bond donors (Lipinski definition) is 1. The van der Waals surface area contributed by atoms with Crippen molar-refractivity contribution in [1.82, 2.24) is 0 Å². The molecule has 2 N–H and O–H groups in total. The van der Waals surface area contributed by atoms with Gasteiger partial charge >= 0.3 is 0 Å². The molecule has 0 spiro atoms. The van der Waals surface area contributed by atoms with Crippen molar-refractivity contribution in [3.8, 4) is 0 Å². The van der Waals surface area contributed by atoms with E-state index >= 15 is 0 Å². The van der Waals surface area contributed by atoms with E-state index in [0.29, 0.717) is 0 Å². The Balaban J connectivity index is 2.45. The highest BCUT2D eigenvalue weighted by Gasteiger charge is 2.22. The molecule has 1 rings (SSSR count). The molecule has 3 unspecified atom stereocenters. The Kier molecular flexibility index (Phi) is 7.17. The van der Waals surface area contributed by atoms with Crippen LogP contribution in [0, 0.1) is 6.92 Å². The SMILES string of the molecule is CCCCCCC(C)OC(c1ccc(C)o1)C(C)N. The van der Waals surface area contributed by atoms with Crippen LogP contribution in [0.15, 0.2) is 16.5 Å². The number of ether oxygens (including phenoxy) is 1. The fourth-order valence-electron chi connectivity index (χ4n) is 2.23. The van der Waals surface area contributed by atoms with Crippen molar-refractivity contribution in [2.45, 2.75) is 78.0 Å². The highest BCUT2D eigenvalue weighted by molar-refractivity contribution is 5.09. The van der Waals surface area contributed by atoms with E-state index < -0.39 is 0 Å². The van der Waals surface area contributed by atoms with Crippen LogP contribution in [0.1, 0.15) is 70.5 Å². The maximum atomic E-state index is 6.07. The zero-order chi connectivity index (χ0) is 14.3. The van der Waals surface area contributed by atoms with Crippen LogP contribution >= 0.6 is 0 Å². The number of rotatable bonds is 9. The number of hydrogen-bond acceptors (Lipinski definition) is 3. The molecule has 1 aromatic rings. The quantitative estimate of drug-likeness (QED) is 0.677. The van der Waals surface area contributed by atoms with Crippen molar-refractivity contribution >= 4 is 0 Å². The summed E-state index contributed by atoms with van der Waals surface area (Å²) in [6.45, 7) is 8.25. The molecular weight excluding hydrogens is 238 g/mol. The lowest BCUT2D eigenvalue weighted by atomic mass is 10.1. The Morgan fingerprint density at radius 2 is 1.95 bits per heavy atom. The maximum Gasteiger partial charge on any atom is 0.134 e. The highest BCUT2D eigenvalue weighted by atomic mass is 16.5. The van der Waals surface area contributed by atoms with Crippen LogP contribution in [0.2, 0.25) is 0 Å². The first-order chi connectivity index (χ1) is 9.04. The molecule has 0 amide bonds. The lowest BCUT2D eigenvalue weighted by Crippen LogP contribution is -2.29. The normalized spacial score (nSPS) is 16.3. The summed E-state index contributed by atoms with van der Waals surface area (Å²) in [6, 6.07) is 3.86. The van der Waals surface area contributed by atoms with Gasteiger partial charge in [0.15, 0.2) is 0 Å². The Morgan fingerprint density at radius 3 is 2.47 bits per heavy atom. The third kappa shape index (κ3) is 5.79. The predicted octanol–water partition coefficient (Wildman–Crippen LogP) is 4.35. The molecular formula is C16H29NO2. The summed E-state index contributed by atoms with van der Waals surface area (Å²) < 4.78 is 11.7. The van der Waals surface area contributed by atoms with Crippen molar-refractivity contribution < 1.29 is 9.15 Å². The minimum Gasteiger partial charge on any atom is -0.464 e. The molecule has 1 heterocycles. The molecule has 3 nitrogen and oxygen atoms in total. The molecule has 0 fully saturated rings. The van der Waals surface area contributed by atoms with Crippen molar-refractivity contribution in [3.05, 3.63) is 23.7 Å². The Morgan fingerprint density at radius 1 is 1.21 bits per heavy atom. The number of aryl methyl sites for hydroxylation is 1. The van der Waals surface area contributed by atoms with Crippen LogP contribution in [0.3, 0.4) is 0 Å². The van der Waals surface area contributed by atoms with Gasteiger partial charge in [-0.2, -0.15) is 0 Å². The lowest BCUT2D eigenvalue weighted by molar-refractivity contribution is -0.0305. The topological polar surface area (TPSA) is 48.4 Å². The van der Waals surface area contributed by atoms with Gasteiger partial charge in [0.1, 0.15) is 17.6 Å². The molecule has 0 aliphatic heterocycles. The zero-order valence-corrected chi connectivity index (χ0v) is 12.8. The molecule has 0 saturated heterocycles. The fourth-order valence-corrected chi connectivity index (χ4v) is 2.23. The van der Waals surface area contributed by atoms with Gasteiger partial charge in [-0.1, -0.05) is 32.6 Å². The second kappa shape index (κ2) is 8.39. The lowest BCUT2D eigenvalue weighted by Gasteiger charge is -2.24. The number of furan rings is 1. The summed E-state index contributed by atoms with van der Waals surface area (Å²) in [5.41, 5.74) is 6.02. The minimum atomic E-state index is -0.144. The highest BCUT2D eigenvalue weighted by Crippen LogP contribution is 2.25. The summed E-state index contributed by atoms with van der Waals surface area (Å²) in [6.07, 6.45) is 6.24. The average molecular weight is 267 g/mol. The van der Waals surface area contributed by atoms with E-state index in [-0.39, 0.29) is 18.2 Å². The van der Waals surface area contributed by atoms with E-state index in [1.807, 2.05) is 26.0 Å². The van der Waals surface area contributed by atoms with Gasteiger partial charge in [0.05, 0.1) is 6.10 Å². The minimum absolute atomic E-state index is 0.0661. The average Bonchev–Trinajstić information content (AvgIpc) is 2.78. The standard InChI is InChI=1S/C16H29NO2/c1-5-6-7-8-9-12(2)19-16(14(4)17)15-11-10-13(3)18-15/h10-12,14,16H,5-9,17H2,1-4H3. The third-order valence-electron chi connectivity index (χ3n) is 3.36. The first kappa shape index (κ1) is 16.3. The molecule has 0 aliphatic rings. The van der Waals surface area contributed by atoms with Crippen molar-refractivity contribution in [2.75, 3.05) is 0 Å². The molecule has 0 radical (unpaired) electrons. The second-order valence-corrected chi connectivity index (χ2v) is 5.52. The van der Waals surface area contributed by atoms with Gasteiger partial charge in [0.2, 0.25) is 0 Å². The van der Waals surface area contributed by atoms with Crippen LogP contribution < -0.4 is 5.73 Å². The van der Waals surface area contributed by atoms with Crippen molar-refractivity contribution in [1.29, 1.82) is 0 Å². The second-order valence-electron chi connectivity index (χ2n) is 5.52. The van der Waals surface area contributed by atoms with Crippen LogP contribution in [0.5, 0.6) is 0 Å². The van der Waals surface area contributed by atoms with E-state index in [4.69, 9.17) is 14.9 Å². The Bertz CT molecular complexity index is 346. The van der Waals surface area contributed by atoms with E-state index in [9.17, 15) is 0 Å². The fraction of sp³-hybridized carbons (Fsp3) is 0.750. The number of unbranched alkanes of at least 4 members (excludes halogenated alkanes) is 3. The molecule has 0 aliphatic carbocycles.